The lowest BCUT2D eigenvalue weighted by Gasteiger charge is -2.25. The normalized spacial score (nSPS) is 31.4. The Morgan fingerprint density at radius 2 is 2.27 bits per heavy atom. The lowest BCUT2D eigenvalue weighted by Crippen LogP contribution is -2.40. The molecule has 0 bridgehead atoms. The summed E-state index contributed by atoms with van der Waals surface area (Å²) in [6.45, 7) is 2.48. The van der Waals surface area contributed by atoms with Crippen LogP contribution >= 0.6 is 0 Å². The molecule has 0 N–H and O–H groups in total. The molecular weight excluding hydrogens is 148 g/mol. The average Bonchev–Trinajstić information content (AvgIpc) is 2.03. The van der Waals surface area contributed by atoms with E-state index in [1.54, 1.807) is 6.92 Å². The van der Waals surface area contributed by atoms with Crippen molar-refractivity contribution in [2.45, 2.75) is 19.1 Å². The van der Waals surface area contributed by atoms with Gasteiger partial charge in [-0.1, -0.05) is 0 Å². The molecule has 1 rings (SSSR count). The van der Waals surface area contributed by atoms with Crippen molar-refractivity contribution in [1.29, 1.82) is 0 Å². The first-order valence-corrected chi connectivity index (χ1v) is 3.46. The quantitative estimate of drug-likeness (QED) is 0.404. The third kappa shape index (κ3) is 2.10. The fourth-order valence-corrected chi connectivity index (χ4v) is 0.925. The number of carbonyl (C=O) groups is 2. The number of carbonyl (C=O) groups excluding carboxylic acids is 2. The fourth-order valence-electron chi connectivity index (χ4n) is 0.925. The van der Waals surface area contributed by atoms with Crippen LogP contribution in [0.25, 0.3) is 0 Å². The second-order valence-electron chi connectivity index (χ2n) is 2.49. The summed E-state index contributed by atoms with van der Waals surface area (Å²) in [6.07, 6.45) is -0.514. The Balaban J connectivity index is 2.45. The molecule has 0 radical (unpaired) electrons. The van der Waals surface area contributed by atoms with Crippen molar-refractivity contribution in [3.63, 3.8) is 0 Å². The molecule has 1 aliphatic rings. The molecule has 11 heavy (non-hydrogen) atoms. The van der Waals surface area contributed by atoms with E-state index in [2.05, 4.69) is 0 Å². The average molecular weight is 158 g/mol. The van der Waals surface area contributed by atoms with Crippen LogP contribution in [0.15, 0.2) is 0 Å². The van der Waals surface area contributed by atoms with Gasteiger partial charge in [-0.3, -0.25) is 9.59 Å². The van der Waals surface area contributed by atoms with Crippen molar-refractivity contribution < 1.29 is 19.1 Å². The number of rotatable bonds is 2. The van der Waals surface area contributed by atoms with Crippen molar-refractivity contribution in [3.05, 3.63) is 0 Å². The molecule has 2 atom stereocenters. The SMILES string of the molecule is CC1COCC(C(=O)C=O)O1. The van der Waals surface area contributed by atoms with Crippen molar-refractivity contribution in [2.24, 2.45) is 0 Å². The van der Waals surface area contributed by atoms with Crippen molar-refractivity contribution in [2.75, 3.05) is 13.2 Å². The standard InChI is InChI=1S/C7H10O4/c1-5-3-10-4-7(11-5)6(9)2-8/h2,5,7H,3-4H2,1H3. The predicted octanol–water partition coefficient (Wildman–Crippen LogP) is -0.442. The first kappa shape index (κ1) is 8.36. The van der Waals surface area contributed by atoms with E-state index in [0.717, 1.165) is 0 Å². The number of hydrogen-bond donors (Lipinski definition) is 0. The van der Waals surface area contributed by atoms with E-state index >= 15 is 0 Å². The summed E-state index contributed by atoms with van der Waals surface area (Å²) in [5.41, 5.74) is 0. The van der Waals surface area contributed by atoms with E-state index < -0.39 is 11.9 Å². The molecule has 1 heterocycles. The number of ketones is 1. The largest absolute Gasteiger partial charge is 0.376 e. The molecule has 4 nitrogen and oxygen atoms in total. The van der Waals surface area contributed by atoms with Gasteiger partial charge in [-0.05, 0) is 6.92 Å². The summed E-state index contributed by atoms with van der Waals surface area (Å²) in [5, 5.41) is 0. The summed E-state index contributed by atoms with van der Waals surface area (Å²) in [6, 6.07) is 0. The smallest absolute Gasteiger partial charge is 0.226 e. The molecule has 1 saturated heterocycles. The summed E-state index contributed by atoms with van der Waals surface area (Å²) >= 11 is 0. The monoisotopic (exact) mass is 158 g/mol. The maximum Gasteiger partial charge on any atom is 0.226 e. The first-order chi connectivity index (χ1) is 5.24. The van der Waals surface area contributed by atoms with Crippen molar-refractivity contribution >= 4 is 12.1 Å². The fraction of sp³-hybridized carbons (Fsp3) is 0.714. The Bertz CT molecular complexity index is 166. The van der Waals surface area contributed by atoms with Gasteiger partial charge in [0.25, 0.3) is 0 Å². The first-order valence-electron chi connectivity index (χ1n) is 3.46. The van der Waals surface area contributed by atoms with Gasteiger partial charge in [0, 0.05) is 0 Å². The van der Waals surface area contributed by atoms with Crippen LogP contribution in [0, 0.1) is 0 Å². The van der Waals surface area contributed by atoms with E-state index in [-0.39, 0.29) is 19.0 Å². The number of Topliss-reactive ketones (excluding diaryl/α,β-unsaturated/α-hetero) is 1. The van der Waals surface area contributed by atoms with E-state index in [1.807, 2.05) is 0 Å². The van der Waals surface area contributed by atoms with Crippen LogP contribution in [-0.4, -0.2) is 37.5 Å². The molecule has 0 aromatic heterocycles. The van der Waals surface area contributed by atoms with Gasteiger partial charge in [0.2, 0.25) is 5.78 Å². The zero-order valence-electron chi connectivity index (χ0n) is 6.28. The Morgan fingerprint density at radius 1 is 1.55 bits per heavy atom. The highest BCUT2D eigenvalue weighted by atomic mass is 16.6. The van der Waals surface area contributed by atoms with E-state index in [9.17, 15) is 9.59 Å². The Morgan fingerprint density at radius 3 is 2.82 bits per heavy atom. The lowest BCUT2D eigenvalue weighted by molar-refractivity contribution is -0.160. The minimum Gasteiger partial charge on any atom is -0.376 e. The Labute approximate surface area is 64.5 Å². The molecule has 0 aromatic carbocycles. The predicted molar refractivity (Wildman–Crippen MR) is 36.2 cm³/mol. The van der Waals surface area contributed by atoms with Crippen LogP contribution < -0.4 is 0 Å². The van der Waals surface area contributed by atoms with Crippen molar-refractivity contribution in [1.82, 2.24) is 0 Å². The molecule has 1 aliphatic heterocycles. The third-order valence-electron chi connectivity index (χ3n) is 1.45. The molecule has 0 amide bonds. The topological polar surface area (TPSA) is 52.6 Å². The number of ether oxygens (including phenoxy) is 2. The van der Waals surface area contributed by atoms with Crippen LogP contribution in [0.2, 0.25) is 0 Å². The Kier molecular flexibility index (Phi) is 2.73. The highest BCUT2D eigenvalue weighted by Gasteiger charge is 2.25. The molecule has 2 unspecified atom stereocenters. The second-order valence-corrected chi connectivity index (χ2v) is 2.49. The third-order valence-corrected chi connectivity index (χ3v) is 1.45. The molecule has 1 fully saturated rings. The maximum atomic E-state index is 10.7. The molecule has 0 aromatic rings. The van der Waals surface area contributed by atoms with E-state index in [1.165, 1.54) is 0 Å². The summed E-state index contributed by atoms with van der Waals surface area (Å²) in [4.78, 5) is 20.8. The van der Waals surface area contributed by atoms with Gasteiger partial charge in [0.1, 0.15) is 6.10 Å². The highest BCUT2D eigenvalue weighted by molar-refractivity contribution is 6.27. The van der Waals surface area contributed by atoms with Gasteiger partial charge >= 0.3 is 0 Å². The van der Waals surface area contributed by atoms with Gasteiger partial charge in [-0.15, -0.1) is 0 Å². The molecule has 0 spiro atoms. The maximum absolute atomic E-state index is 10.7. The zero-order valence-corrected chi connectivity index (χ0v) is 6.28. The minimum absolute atomic E-state index is 0.0994. The van der Waals surface area contributed by atoms with E-state index in [0.29, 0.717) is 6.61 Å². The molecular formula is C7H10O4. The summed E-state index contributed by atoms with van der Waals surface area (Å²) in [7, 11) is 0. The number of hydrogen-bond acceptors (Lipinski definition) is 4. The van der Waals surface area contributed by atoms with Crippen LogP contribution in [0.3, 0.4) is 0 Å². The van der Waals surface area contributed by atoms with Crippen molar-refractivity contribution in [3.8, 4) is 0 Å². The van der Waals surface area contributed by atoms with Gasteiger partial charge in [-0.25, -0.2) is 0 Å². The van der Waals surface area contributed by atoms with Crippen LogP contribution in [0.1, 0.15) is 6.92 Å². The van der Waals surface area contributed by atoms with Crippen LogP contribution in [0.5, 0.6) is 0 Å². The lowest BCUT2D eigenvalue weighted by atomic mass is 10.2. The molecule has 62 valence electrons. The minimum atomic E-state index is -0.684. The number of aldehydes is 1. The van der Waals surface area contributed by atoms with Crippen LogP contribution in [-0.2, 0) is 19.1 Å². The molecule has 0 saturated carbocycles. The van der Waals surface area contributed by atoms with Gasteiger partial charge < -0.3 is 9.47 Å². The molecule has 4 heteroatoms. The van der Waals surface area contributed by atoms with Gasteiger partial charge in [0.05, 0.1) is 19.3 Å². The van der Waals surface area contributed by atoms with E-state index in [4.69, 9.17) is 9.47 Å². The van der Waals surface area contributed by atoms with Gasteiger partial charge in [0.15, 0.2) is 6.29 Å². The summed E-state index contributed by atoms with van der Waals surface area (Å²) in [5.74, 6) is -0.545. The Hall–Kier alpha value is -0.740. The zero-order chi connectivity index (χ0) is 8.27. The summed E-state index contributed by atoms with van der Waals surface area (Å²) < 4.78 is 10.1. The van der Waals surface area contributed by atoms with Crippen LogP contribution in [0.4, 0.5) is 0 Å². The highest BCUT2D eigenvalue weighted by Crippen LogP contribution is 2.06. The molecule has 0 aliphatic carbocycles. The van der Waals surface area contributed by atoms with Gasteiger partial charge in [-0.2, -0.15) is 0 Å². The second kappa shape index (κ2) is 3.59.